The fourth-order valence-corrected chi connectivity index (χ4v) is 2.72. The molecule has 23 heavy (non-hydrogen) atoms. The summed E-state index contributed by atoms with van der Waals surface area (Å²) in [7, 11) is 0. The zero-order valence-corrected chi connectivity index (χ0v) is 15.4. The molecule has 1 saturated heterocycles. The summed E-state index contributed by atoms with van der Waals surface area (Å²) in [5.74, 6) is 0.00400. The normalized spacial score (nSPS) is 15.1. The number of hydrogen-bond donors (Lipinski definition) is 1. The van der Waals surface area contributed by atoms with Crippen molar-refractivity contribution in [2.24, 2.45) is 0 Å². The average molecular weight is 319 g/mol. The van der Waals surface area contributed by atoms with Crippen LogP contribution in [0.25, 0.3) is 0 Å². The van der Waals surface area contributed by atoms with Crippen molar-refractivity contribution in [1.82, 2.24) is 10.2 Å². The highest BCUT2D eigenvalue weighted by atomic mass is 16.1. The Hall–Kier alpha value is -1.55. The van der Waals surface area contributed by atoms with E-state index >= 15 is 0 Å². The number of amides is 1. The van der Waals surface area contributed by atoms with Crippen LogP contribution in [0.3, 0.4) is 0 Å². The third-order valence-electron chi connectivity index (χ3n) is 3.83. The monoisotopic (exact) mass is 319 g/mol. The maximum Gasteiger partial charge on any atom is 0.251 e. The van der Waals surface area contributed by atoms with E-state index in [-0.39, 0.29) is 11.9 Å². The SMILES string of the molecule is CC.CCCN1CCN(c2ccc(C(=O)NC(C)C)cc2)CC1. The quantitative estimate of drug-likeness (QED) is 0.903. The van der Waals surface area contributed by atoms with Crippen molar-refractivity contribution in [3.63, 3.8) is 0 Å². The van der Waals surface area contributed by atoms with Crippen molar-refractivity contribution in [3.8, 4) is 0 Å². The molecule has 1 N–H and O–H groups in total. The third-order valence-corrected chi connectivity index (χ3v) is 3.83. The number of anilines is 1. The molecule has 130 valence electrons. The minimum absolute atomic E-state index is 0.00400. The van der Waals surface area contributed by atoms with Crippen molar-refractivity contribution < 1.29 is 4.79 Å². The lowest BCUT2D eigenvalue weighted by atomic mass is 10.1. The minimum atomic E-state index is 0.00400. The van der Waals surface area contributed by atoms with Crippen LogP contribution in [0.1, 0.15) is 51.4 Å². The Balaban J connectivity index is 0.00000127. The van der Waals surface area contributed by atoms with E-state index in [0.29, 0.717) is 0 Å². The number of rotatable bonds is 5. The van der Waals surface area contributed by atoms with Gasteiger partial charge < -0.3 is 10.2 Å². The Kier molecular flexibility index (Phi) is 8.70. The van der Waals surface area contributed by atoms with E-state index in [9.17, 15) is 4.79 Å². The van der Waals surface area contributed by atoms with Crippen molar-refractivity contribution in [3.05, 3.63) is 29.8 Å². The van der Waals surface area contributed by atoms with E-state index < -0.39 is 0 Å². The molecule has 4 nitrogen and oxygen atoms in total. The van der Waals surface area contributed by atoms with Gasteiger partial charge in [0.2, 0.25) is 0 Å². The molecular formula is C19H33N3O. The lowest BCUT2D eigenvalue weighted by Crippen LogP contribution is -2.46. The first-order chi connectivity index (χ1) is 11.1. The van der Waals surface area contributed by atoms with Gasteiger partial charge in [-0.2, -0.15) is 0 Å². The number of nitrogens with zero attached hydrogens (tertiary/aromatic N) is 2. The third kappa shape index (κ3) is 6.22. The second-order valence-corrected chi connectivity index (χ2v) is 6.00. The highest BCUT2D eigenvalue weighted by Gasteiger charge is 2.16. The number of hydrogen-bond acceptors (Lipinski definition) is 3. The molecule has 2 rings (SSSR count). The summed E-state index contributed by atoms with van der Waals surface area (Å²) in [6.45, 7) is 15.8. The Labute approximate surface area is 141 Å². The summed E-state index contributed by atoms with van der Waals surface area (Å²) < 4.78 is 0. The Morgan fingerprint density at radius 2 is 1.65 bits per heavy atom. The summed E-state index contributed by atoms with van der Waals surface area (Å²) in [5, 5.41) is 2.92. The first-order valence-corrected chi connectivity index (χ1v) is 8.98. The topological polar surface area (TPSA) is 35.6 Å². The van der Waals surface area contributed by atoms with E-state index in [1.54, 1.807) is 0 Å². The molecule has 1 aliphatic rings. The van der Waals surface area contributed by atoms with Gasteiger partial charge in [-0.25, -0.2) is 0 Å². The lowest BCUT2D eigenvalue weighted by Gasteiger charge is -2.36. The number of piperazine rings is 1. The summed E-state index contributed by atoms with van der Waals surface area (Å²) in [6, 6.07) is 8.13. The van der Waals surface area contributed by atoms with E-state index in [2.05, 4.69) is 34.2 Å². The highest BCUT2D eigenvalue weighted by Crippen LogP contribution is 2.17. The van der Waals surface area contributed by atoms with E-state index in [1.165, 1.54) is 18.7 Å². The van der Waals surface area contributed by atoms with Gasteiger partial charge in [-0.3, -0.25) is 9.69 Å². The summed E-state index contributed by atoms with van der Waals surface area (Å²) in [6.07, 6.45) is 1.22. The molecule has 0 saturated carbocycles. The molecule has 1 heterocycles. The van der Waals surface area contributed by atoms with Gasteiger partial charge in [0.05, 0.1) is 0 Å². The zero-order chi connectivity index (χ0) is 17.2. The van der Waals surface area contributed by atoms with E-state index in [1.807, 2.05) is 39.8 Å². The molecule has 0 spiro atoms. The second-order valence-electron chi connectivity index (χ2n) is 6.00. The predicted octanol–water partition coefficient (Wildman–Crippen LogP) is 3.38. The smallest absolute Gasteiger partial charge is 0.251 e. The van der Waals surface area contributed by atoms with Crippen molar-refractivity contribution in [2.75, 3.05) is 37.6 Å². The van der Waals surface area contributed by atoms with Gasteiger partial charge in [0.15, 0.2) is 0 Å². The van der Waals surface area contributed by atoms with Crippen LogP contribution in [0.15, 0.2) is 24.3 Å². The van der Waals surface area contributed by atoms with Crippen molar-refractivity contribution in [1.29, 1.82) is 0 Å². The molecule has 0 unspecified atom stereocenters. The van der Waals surface area contributed by atoms with Crippen molar-refractivity contribution >= 4 is 11.6 Å². The standard InChI is InChI=1S/C17H27N3O.C2H6/c1-4-9-19-10-12-20(13-11-19)16-7-5-15(6-8-16)17(21)18-14(2)3;1-2/h5-8,14H,4,9-13H2,1-3H3,(H,18,21);1-2H3. The summed E-state index contributed by atoms with van der Waals surface area (Å²) in [4.78, 5) is 16.8. The average Bonchev–Trinajstić information content (AvgIpc) is 2.57. The predicted molar refractivity (Wildman–Crippen MR) is 99.3 cm³/mol. The molecule has 0 aliphatic carbocycles. The van der Waals surface area contributed by atoms with Gasteiger partial charge in [-0.05, 0) is 51.1 Å². The van der Waals surface area contributed by atoms with Gasteiger partial charge in [0, 0.05) is 43.5 Å². The lowest BCUT2D eigenvalue weighted by molar-refractivity contribution is 0.0943. The molecule has 1 amide bonds. The first-order valence-electron chi connectivity index (χ1n) is 8.98. The Morgan fingerprint density at radius 1 is 1.09 bits per heavy atom. The number of carbonyl (C=O) groups excluding carboxylic acids is 1. The van der Waals surface area contributed by atoms with Crippen LogP contribution in [-0.2, 0) is 0 Å². The number of nitrogens with one attached hydrogen (secondary N) is 1. The van der Waals surface area contributed by atoms with Gasteiger partial charge >= 0.3 is 0 Å². The number of carbonyl (C=O) groups is 1. The van der Waals surface area contributed by atoms with Crippen LogP contribution < -0.4 is 10.2 Å². The molecule has 1 fully saturated rings. The van der Waals surface area contributed by atoms with Gasteiger partial charge in [-0.1, -0.05) is 20.8 Å². The second kappa shape index (κ2) is 10.3. The van der Waals surface area contributed by atoms with E-state index in [4.69, 9.17) is 0 Å². The zero-order valence-electron chi connectivity index (χ0n) is 15.4. The summed E-state index contributed by atoms with van der Waals surface area (Å²) >= 11 is 0. The van der Waals surface area contributed by atoms with Crippen LogP contribution in [0.4, 0.5) is 5.69 Å². The molecule has 1 aromatic rings. The molecular weight excluding hydrogens is 286 g/mol. The molecule has 0 atom stereocenters. The van der Waals surface area contributed by atoms with Crippen LogP contribution in [-0.4, -0.2) is 49.6 Å². The molecule has 0 aromatic heterocycles. The van der Waals surface area contributed by atoms with Gasteiger partial charge in [0.1, 0.15) is 0 Å². The Morgan fingerprint density at radius 3 is 2.13 bits per heavy atom. The highest BCUT2D eigenvalue weighted by molar-refractivity contribution is 5.94. The summed E-state index contributed by atoms with van der Waals surface area (Å²) in [5.41, 5.74) is 1.95. The molecule has 0 bridgehead atoms. The number of benzene rings is 1. The van der Waals surface area contributed by atoms with Gasteiger partial charge in [0.25, 0.3) is 5.91 Å². The van der Waals surface area contributed by atoms with Crippen LogP contribution >= 0.6 is 0 Å². The van der Waals surface area contributed by atoms with Crippen LogP contribution in [0.2, 0.25) is 0 Å². The van der Waals surface area contributed by atoms with Crippen molar-refractivity contribution in [2.45, 2.75) is 47.1 Å². The Bertz CT molecular complexity index is 448. The van der Waals surface area contributed by atoms with E-state index in [0.717, 1.165) is 31.7 Å². The first kappa shape index (κ1) is 19.5. The molecule has 1 aromatic carbocycles. The maximum atomic E-state index is 11.9. The van der Waals surface area contributed by atoms with Crippen LogP contribution in [0.5, 0.6) is 0 Å². The molecule has 0 radical (unpaired) electrons. The molecule has 1 aliphatic heterocycles. The fraction of sp³-hybridized carbons (Fsp3) is 0.632. The molecule has 4 heteroatoms. The van der Waals surface area contributed by atoms with Crippen LogP contribution in [0, 0.1) is 0 Å². The van der Waals surface area contributed by atoms with Gasteiger partial charge in [-0.15, -0.1) is 0 Å². The largest absolute Gasteiger partial charge is 0.369 e. The fourth-order valence-electron chi connectivity index (χ4n) is 2.72. The minimum Gasteiger partial charge on any atom is -0.369 e. The maximum absolute atomic E-state index is 11.9.